The smallest absolute Gasteiger partial charge is 0.403 e. The number of ether oxygens (including phenoxy) is 1. The Labute approximate surface area is 84.0 Å². The molecule has 15 heavy (non-hydrogen) atoms. The van der Waals surface area contributed by atoms with Crippen LogP contribution < -0.4 is 0 Å². The lowest BCUT2D eigenvalue weighted by Gasteiger charge is -2.19. The third kappa shape index (κ3) is 5.57. The summed E-state index contributed by atoms with van der Waals surface area (Å²) in [5.74, 6) is -6.51. The SMILES string of the molecule is CCOC(=O)C(CS(=O)(=O)[O-])C(F)(F)F. The molecule has 0 heterocycles. The Morgan fingerprint density at radius 2 is 1.93 bits per heavy atom. The molecule has 0 N–H and O–H groups in total. The maximum absolute atomic E-state index is 12.1. The molecular formula is C6H8F3O5S-. The number of carbonyl (C=O) groups excluding carboxylic acids is 1. The van der Waals surface area contributed by atoms with Crippen molar-refractivity contribution in [1.29, 1.82) is 0 Å². The largest absolute Gasteiger partial charge is 0.748 e. The minimum absolute atomic E-state index is 0.329. The molecular weight excluding hydrogens is 241 g/mol. The summed E-state index contributed by atoms with van der Waals surface area (Å²) in [6, 6.07) is 0. The molecule has 0 bridgehead atoms. The first-order valence-corrected chi connectivity index (χ1v) is 5.32. The highest BCUT2D eigenvalue weighted by Gasteiger charge is 2.47. The highest BCUT2D eigenvalue weighted by atomic mass is 32.2. The van der Waals surface area contributed by atoms with Gasteiger partial charge in [0.15, 0.2) is 5.92 Å². The van der Waals surface area contributed by atoms with E-state index in [0.29, 0.717) is 0 Å². The van der Waals surface area contributed by atoms with E-state index in [4.69, 9.17) is 0 Å². The molecule has 0 saturated carbocycles. The Kier molecular flexibility index (Phi) is 4.53. The molecule has 1 atom stereocenters. The molecule has 90 valence electrons. The fourth-order valence-corrected chi connectivity index (χ4v) is 1.48. The van der Waals surface area contributed by atoms with Crippen molar-refractivity contribution in [3.05, 3.63) is 0 Å². The van der Waals surface area contributed by atoms with Gasteiger partial charge in [0.2, 0.25) is 0 Å². The third-order valence-corrected chi connectivity index (χ3v) is 2.08. The summed E-state index contributed by atoms with van der Waals surface area (Å²) >= 11 is 0. The van der Waals surface area contributed by atoms with Gasteiger partial charge >= 0.3 is 12.1 Å². The van der Waals surface area contributed by atoms with Gasteiger partial charge in [0.1, 0.15) is 0 Å². The van der Waals surface area contributed by atoms with Crippen molar-refractivity contribution < 1.29 is 35.7 Å². The summed E-state index contributed by atoms with van der Waals surface area (Å²) in [5, 5.41) is 0. The van der Waals surface area contributed by atoms with Gasteiger partial charge in [0.25, 0.3) is 0 Å². The van der Waals surface area contributed by atoms with Crippen LogP contribution in [0.4, 0.5) is 13.2 Å². The number of rotatable bonds is 4. The number of halogens is 3. The maximum Gasteiger partial charge on any atom is 0.403 e. The molecule has 0 aliphatic rings. The van der Waals surface area contributed by atoms with E-state index in [9.17, 15) is 30.9 Å². The van der Waals surface area contributed by atoms with E-state index in [1.165, 1.54) is 6.92 Å². The van der Waals surface area contributed by atoms with Gasteiger partial charge in [-0.25, -0.2) is 8.42 Å². The van der Waals surface area contributed by atoms with E-state index in [0.717, 1.165) is 0 Å². The molecule has 0 spiro atoms. The second-order valence-corrected chi connectivity index (χ2v) is 4.02. The lowest BCUT2D eigenvalue weighted by atomic mass is 10.2. The van der Waals surface area contributed by atoms with Crippen LogP contribution in [0.5, 0.6) is 0 Å². The predicted molar refractivity (Wildman–Crippen MR) is 40.7 cm³/mol. The van der Waals surface area contributed by atoms with Crippen molar-refractivity contribution in [1.82, 2.24) is 0 Å². The topological polar surface area (TPSA) is 83.5 Å². The maximum atomic E-state index is 12.1. The van der Waals surface area contributed by atoms with Gasteiger partial charge in [0, 0.05) is 0 Å². The van der Waals surface area contributed by atoms with Crippen molar-refractivity contribution >= 4 is 16.1 Å². The summed E-state index contributed by atoms with van der Waals surface area (Å²) in [7, 11) is -5.14. The number of hydrogen-bond acceptors (Lipinski definition) is 5. The molecule has 0 aromatic carbocycles. The van der Waals surface area contributed by atoms with Crippen molar-refractivity contribution in [2.45, 2.75) is 13.1 Å². The number of esters is 1. The first-order valence-electron chi connectivity index (χ1n) is 3.75. The highest BCUT2D eigenvalue weighted by Crippen LogP contribution is 2.28. The van der Waals surface area contributed by atoms with Gasteiger partial charge in [0.05, 0.1) is 22.5 Å². The minimum Gasteiger partial charge on any atom is -0.748 e. The minimum atomic E-state index is -5.14. The molecule has 0 saturated heterocycles. The van der Waals surface area contributed by atoms with Gasteiger partial charge in [-0.2, -0.15) is 13.2 Å². The Morgan fingerprint density at radius 3 is 2.20 bits per heavy atom. The van der Waals surface area contributed by atoms with Crippen molar-refractivity contribution in [3.63, 3.8) is 0 Å². The first kappa shape index (κ1) is 14.2. The quantitative estimate of drug-likeness (QED) is 0.527. The second kappa shape index (κ2) is 4.79. The van der Waals surface area contributed by atoms with E-state index in [2.05, 4.69) is 4.74 Å². The van der Waals surface area contributed by atoms with Crippen LogP contribution in [0.3, 0.4) is 0 Å². The van der Waals surface area contributed by atoms with Crippen LogP contribution in [0.1, 0.15) is 6.92 Å². The van der Waals surface area contributed by atoms with Crippen LogP contribution in [-0.2, 0) is 19.6 Å². The molecule has 0 aliphatic carbocycles. The van der Waals surface area contributed by atoms with Crippen molar-refractivity contribution in [2.24, 2.45) is 5.92 Å². The van der Waals surface area contributed by atoms with E-state index < -0.39 is 33.9 Å². The second-order valence-electron chi connectivity index (χ2n) is 2.57. The van der Waals surface area contributed by atoms with Crippen molar-refractivity contribution in [3.8, 4) is 0 Å². The molecule has 1 unspecified atom stereocenters. The zero-order chi connectivity index (χ0) is 12.3. The molecule has 0 rings (SSSR count). The van der Waals surface area contributed by atoms with E-state index in [-0.39, 0.29) is 6.61 Å². The average molecular weight is 249 g/mol. The van der Waals surface area contributed by atoms with E-state index >= 15 is 0 Å². The van der Waals surface area contributed by atoms with E-state index in [1.807, 2.05) is 0 Å². The molecule has 0 aromatic heterocycles. The van der Waals surface area contributed by atoms with E-state index in [1.54, 1.807) is 0 Å². The number of hydrogen-bond donors (Lipinski definition) is 0. The predicted octanol–water partition coefficient (Wildman–Crippen LogP) is 0.273. The summed E-state index contributed by atoms with van der Waals surface area (Å²) in [5.41, 5.74) is 0. The Balaban J connectivity index is 4.84. The average Bonchev–Trinajstić information content (AvgIpc) is 1.97. The van der Waals surface area contributed by atoms with Gasteiger partial charge in [-0.1, -0.05) is 0 Å². The van der Waals surface area contributed by atoms with Crippen LogP contribution >= 0.6 is 0 Å². The van der Waals surface area contributed by atoms with Crippen LogP contribution in [0.2, 0.25) is 0 Å². The summed E-state index contributed by atoms with van der Waals surface area (Å²) < 4.78 is 70.8. The highest BCUT2D eigenvalue weighted by molar-refractivity contribution is 7.85. The summed E-state index contributed by atoms with van der Waals surface area (Å²) in [6.07, 6.45) is -5.11. The van der Waals surface area contributed by atoms with Crippen LogP contribution in [0, 0.1) is 5.92 Å². The monoisotopic (exact) mass is 249 g/mol. The van der Waals surface area contributed by atoms with Gasteiger partial charge in [-0.15, -0.1) is 0 Å². The Bertz CT molecular complexity index is 320. The van der Waals surface area contributed by atoms with Crippen LogP contribution in [0.15, 0.2) is 0 Å². The summed E-state index contributed by atoms with van der Waals surface area (Å²) in [6.45, 7) is 0.932. The van der Waals surface area contributed by atoms with Crippen LogP contribution in [-0.4, -0.2) is 37.5 Å². The Hall–Kier alpha value is -0.830. The van der Waals surface area contributed by atoms with Crippen molar-refractivity contribution in [2.75, 3.05) is 12.4 Å². The Morgan fingerprint density at radius 1 is 1.47 bits per heavy atom. The lowest BCUT2D eigenvalue weighted by Crippen LogP contribution is -2.37. The molecule has 0 amide bonds. The molecule has 0 aromatic rings. The van der Waals surface area contributed by atoms with Gasteiger partial charge < -0.3 is 9.29 Å². The molecule has 5 nitrogen and oxygen atoms in total. The van der Waals surface area contributed by atoms with Gasteiger partial charge in [-0.3, -0.25) is 4.79 Å². The zero-order valence-electron chi connectivity index (χ0n) is 7.57. The third-order valence-electron chi connectivity index (χ3n) is 1.34. The summed E-state index contributed by atoms with van der Waals surface area (Å²) in [4.78, 5) is 10.7. The molecule has 9 heteroatoms. The lowest BCUT2D eigenvalue weighted by molar-refractivity contribution is -0.193. The number of carbonyl (C=O) groups is 1. The first-order chi connectivity index (χ1) is 6.58. The zero-order valence-corrected chi connectivity index (χ0v) is 8.39. The molecule has 0 radical (unpaired) electrons. The fourth-order valence-electron chi connectivity index (χ4n) is 0.743. The standard InChI is InChI=1S/C6H9F3O5S/c1-2-14-5(10)4(6(7,8)9)3-15(11,12)13/h4H,2-3H2,1H3,(H,11,12,13)/p-1. The van der Waals surface area contributed by atoms with Gasteiger partial charge in [-0.05, 0) is 6.92 Å². The van der Waals surface area contributed by atoms with Crippen LogP contribution in [0.25, 0.3) is 0 Å². The fraction of sp³-hybridized carbons (Fsp3) is 0.833. The molecule has 0 aliphatic heterocycles. The normalized spacial score (nSPS) is 14.7. The number of alkyl halides is 3. The molecule has 0 fully saturated rings.